The topological polar surface area (TPSA) is 32.7 Å². The van der Waals surface area contributed by atoms with E-state index in [4.69, 9.17) is 4.74 Å². The van der Waals surface area contributed by atoms with Crippen molar-refractivity contribution in [3.63, 3.8) is 0 Å². The average molecular weight is 281 g/mol. The summed E-state index contributed by atoms with van der Waals surface area (Å²) >= 11 is 0. The van der Waals surface area contributed by atoms with E-state index < -0.39 is 0 Å². The van der Waals surface area contributed by atoms with Crippen LogP contribution in [0.1, 0.15) is 64.7 Å². The zero-order valence-corrected chi connectivity index (χ0v) is 13.4. The Morgan fingerprint density at radius 2 is 1.75 bits per heavy atom. The molecule has 1 aliphatic carbocycles. The van der Waals surface area contributed by atoms with Gasteiger partial charge >= 0.3 is 7.05 Å². The summed E-state index contributed by atoms with van der Waals surface area (Å²) in [6.45, 7) is 5.87. The Bertz CT molecular complexity index is 269. The SMILES string of the molecule is CCC[C@@H]1CC[C@@H](COCC2CCCCC2)N1B(C)O. The first-order valence-electron chi connectivity index (χ1n) is 8.75. The summed E-state index contributed by atoms with van der Waals surface area (Å²) in [5.74, 6) is 0.789. The maximum absolute atomic E-state index is 10.0. The standard InChI is InChI=1S/C16H32BNO2/c1-3-7-15-10-11-16(18(15)17(2)19)13-20-12-14-8-5-4-6-9-14/h14-16,19H,3-13H2,1-2H3/t15-,16+/m1/s1. The molecule has 0 unspecified atom stereocenters. The van der Waals surface area contributed by atoms with E-state index >= 15 is 0 Å². The smallest absolute Gasteiger partial charge is 0.376 e. The number of hydrogen-bond acceptors (Lipinski definition) is 3. The zero-order valence-electron chi connectivity index (χ0n) is 13.4. The fourth-order valence-electron chi connectivity index (χ4n) is 4.11. The van der Waals surface area contributed by atoms with Crippen LogP contribution in [-0.4, -0.2) is 42.2 Å². The summed E-state index contributed by atoms with van der Waals surface area (Å²) in [5.41, 5.74) is 0. The van der Waals surface area contributed by atoms with E-state index in [2.05, 4.69) is 11.7 Å². The van der Waals surface area contributed by atoms with Gasteiger partial charge in [-0.25, -0.2) is 0 Å². The Balaban J connectivity index is 1.73. The van der Waals surface area contributed by atoms with Crippen LogP contribution >= 0.6 is 0 Å². The van der Waals surface area contributed by atoms with Gasteiger partial charge in [0.2, 0.25) is 0 Å². The van der Waals surface area contributed by atoms with Crippen LogP contribution in [0.4, 0.5) is 0 Å². The van der Waals surface area contributed by atoms with Crippen LogP contribution in [0, 0.1) is 5.92 Å². The maximum Gasteiger partial charge on any atom is 0.376 e. The normalized spacial score (nSPS) is 28.9. The molecule has 116 valence electrons. The van der Waals surface area contributed by atoms with E-state index in [1.807, 2.05) is 6.82 Å². The van der Waals surface area contributed by atoms with Gasteiger partial charge in [0.05, 0.1) is 6.61 Å². The average Bonchev–Trinajstić information content (AvgIpc) is 2.83. The van der Waals surface area contributed by atoms with E-state index in [1.54, 1.807) is 0 Å². The molecule has 2 rings (SSSR count). The largest absolute Gasteiger partial charge is 0.437 e. The summed E-state index contributed by atoms with van der Waals surface area (Å²) in [7, 11) is -0.336. The monoisotopic (exact) mass is 281 g/mol. The third-order valence-corrected chi connectivity index (χ3v) is 5.12. The van der Waals surface area contributed by atoms with Crippen molar-refractivity contribution in [2.75, 3.05) is 13.2 Å². The van der Waals surface area contributed by atoms with Crippen molar-refractivity contribution < 1.29 is 9.76 Å². The van der Waals surface area contributed by atoms with Gasteiger partial charge in [-0.05, 0) is 44.8 Å². The molecule has 3 nitrogen and oxygen atoms in total. The second kappa shape index (κ2) is 8.40. The molecule has 0 spiro atoms. The van der Waals surface area contributed by atoms with E-state index in [1.165, 1.54) is 57.8 Å². The minimum Gasteiger partial charge on any atom is -0.437 e. The van der Waals surface area contributed by atoms with Gasteiger partial charge in [0.15, 0.2) is 0 Å². The first-order valence-corrected chi connectivity index (χ1v) is 8.75. The molecule has 2 aliphatic rings. The summed E-state index contributed by atoms with van der Waals surface area (Å²) < 4.78 is 6.01. The Morgan fingerprint density at radius 1 is 1.05 bits per heavy atom. The van der Waals surface area contributed by atoms with Crippen LogP contribution in [0.2, 0.25) is 6.82 Å². The number of ether oxygens (including phenoxy) is 1. The molecule has 1 heterocycles. The quantitative estimate of drug-likeness (QED) is 0.727. The molecule has 4 heteroatoms. The van der Waals surface area contributed by atoms with E-state index in [9.17, 15) is 5.02 Å². The van der Waals surface area contributed by atoms with Crippen molar-refractivity contribution >= 4 is 7.05 Å². The van der Waals surface area contributed by atoms with Crippen LogP contribution in [0.15, 0.2) is 0 Å². The number of rotatable bonds is 7. The van der Waals surface area contributed by atoms with Crippen molar-refractivity contribution in [3.05, 3.63) is 0 Å². The highest BCUT2D eigenvalue weighted by atomic mass is 16.5. The predicted molar refractivity (Wildman–Crippen MR) is 84.8 cm³/mol. The molecule has 2 atom stereocenters. The molecule has 1 saturated heterocycles. The third-order valence-electron chi connectivity index (χ3n) is 5.12. The molecule has 20 heavy (non-hydrogen) atoms. The first kappa shape index (κ1) is 16.3. The highest BCUT2D eigenvalue weighted by Gasteiger charge is 2.37. The Hall–Kier alpha value is -0.0551. The lowest BCUT2D eigenvalue weighted by Crippen LogP contribution is -2.47. The molecule has 1 saturated carbocycles. The lowest BCUT2D eigenvalue weighted by Gasteiger charge is -2.31. The van der Waals surface area contributed by atoms with Crippen molar-refractivity contribution in [2.45, 2.75) is 83.6 Å². The predicted octanol–water partition coefficient (Wildman–Crippen LogP) is 3.33. The van der Waals surface area contributed by atoms with Crippen LogP contribution < -0.4 is 0 Å². The molecule has 2 fully saturated rings. The molecule has 0 amide bonds. The van der Waals surface area contributed by atoms with Crippen LogP contribution in [0.25, 0.3) is 0 Å². The van der Waals surface area contributed by atoms with Crippen LogP contribution in [0.5, 0.6) is 0 Å². The second-order valence-corrected chi connectivity index (χ2v) is 6.79. The molecule has 0 aromatic rings. The van der Waals surface area contributed by atoms with Gasteiger partial charge in [-0.2, -0.15) is 0 Å². The minimum absolute atomic E-state index is 0.336. The highest BCUT2D eigenvalue weighted by Crippen LogP contribution is 2.29. The van der Waals surface area contributed by atoms with Gasteiger partial charge in [0, 0.05) is 18.7 Å². The Labute approximate surface area is 125 Å². The van der Waals surface area contributed by atoms with Gasteiger partial charge in [-0.15, -0.1) is 0 Å². The third kappa shape index (κ3) is 4.47. The lowest BCUT2D eigenvalue weighted by molar-refractivity contribution is 0.0543. The molecule has 0 aromatic heterocycles. The molecule has 1 aliphatic heterocycles. The van der Waals surface area contributed by atoms with E-state index in [0.29, 0.717) is 12.1 Å². The summed E-state index contributed by atoms with van der Waals surface area (Å²) in [6.07, 6.45) is 11.7. The van der Waals surface area contributed by atoms with Gasteiger partial charge < -0.3 is 14.6 Å². The summed E-state index contributed by atoms with van der Waals surface area (Å²) in [4.78, 5) is 2.30. The number of hydrogen-bond donors (Lipinski definition) is 1. The van der Waals surface area contributed by atoms with Gasteiger partial charge in [-0.3, -0.25) is 0 Å². The van der Waals surface area contributed by atoms with Gasteiger partial charge in [0.1, 0.15) is 0 Å². The fourth-order valence-corrected chi connectivity index (χ4v) is 4.11. The second-order valence-electron chi connectivity index (χ2n) is 6.79. The molecule has 1 N–H and O–H groups in total. The van der Waals surface area contributed by atoms with E-state index in [0.717, 1.165) is 19.1 Å². The lowest BCUT2D eigenvalue weighted by atomic mass is 9.82. The Morgan fingerprint density at radius 3 is 2.40 bits per heavy atom. The molecular weight excluding hydrogens is 249 g/mol. The summed E-state index contributed by atoms with van der Waals surface area (Å²) in [5, 5.41) is 10.0. The fraction of sp³-hybridized carbons (Fsp3) is 1.00. The minimum atomic E-state index is -0.336. The molecule has 0 aromatic carbocycles. The van der Waals surface area contributed by atoms with E-state index in [-0.39, 0.29) is 7.05 Å². The Kier molecular flexibility index (Phi) is 6.86. The van der Waals surface area contributed by atoms with Crippen LogP contribution in [-0.2, 0) is 4.74 Å². The molecular formula is C16H32BNO2. The van der Waals surface area contributed by atoms with Crippen molar-refractivity contribution in [1.29, 1.82) is 0 Å². The molecule has 0 radical (unpaired) electrons. The maximum atomic E-state index is 10.0. The van der Waals surface area contributed by atoms with Crippen molar-refractivity contribution in [1.82, 2.24) is 4.81 Å². The first-order chi connectivity index (χ1) is 9.72. The van der Waals surface area contributed by atoms with Crippen LogP contribution in [0.3, 0.4) is 0 Å². The van der Waals surface area contributed by atoms with Gasteiger partial charge in [0.25, 0.3) is 0 Å². The highest BCUT2D eigenvalue weighted by molar-refractivity contribution is 6.45. The summed E-state index contributed by atoms with van der Waals surface area (Å²) in [6, 6.07) is 0.985. The van der Waals surface area contributed by atoms with Gasteiger partial charge in [-0.1, -0.05) is 32.6 Å². The number of nitrogens with zero attached hydrogens (tertiary/aromatic N) is 1. The van der Waals surface area contributed by atoms with Crippen molar-refractivity contribution in [3.8, 4) is 0 Å². The van der Waals surface area contributed by atoms with Crippen molar-refractivity contribution in [2.24, 2.45) is 5.92 Å². The molecule has 0 bridgehead atoms. The zero-order chi connectivity index (χ0) is 14.4.